The molecule has 4 aliphatic rings. The highest BCUT2D eigenvalue weighted by Gasteiger charge is 3.04. The Morgan fingerprint density at radius 2 is 0.625 bits per heavy atom. The van der Waals surface area contributed by atoms with Gasteiger partial charge >= 0.3 is 108 Å². The first kappa shape index (κ1) is 46.4. The highest BCUT2D eigenvalue weighted by Crippen LogP contribution is 2.75. The summed E-state index contributed by atoms with van der Waals surface area (Å²) >= 11 is 0. The summed E-state index contributed by atoms with van der Waals surface area (Å²) in [5, 5.41) is 0. The van der Waals surface area contributed by atoms with Gasteiger partial charge in [0, 0.05) is 0 Å². The molecule has 324 valence electrons. The highest BCUT2D eigenvalue weighted by molar-refractivity contribution is 5.79. The van der Waals surface area contributed by atoms with Crippen molar-refractivity contribution in [2.75, 3.05) is 0 Å². The molecular formula is C20H2F26O10. The summed E-state index contributed by atoms with van der Waals surface area (Å²) in [5.74, 6) is -18.1. The Labute approximate surface area is 283 Å². The molecule has 0 saturated carbocycles. The van der Waals surface area contributed by atoms with Gasteiger partial charge in [0.05, 0.1) is 0 Å². The van der Waals surface area contributed by atoms with E-state index in [0.717, 1.165) is 0 Å². The lowest BCUT2D eigenvalue weighted by atomic mass is 9.78. The van der Waals surface area contributed by atoms with Crippen molar-refractivity contribution >= 4 is 12.1 Å². The molecule has 10 nitrogen and oxygen atoms in total. The molecule has 0 aromatic carbocycles. The van der Waals surface area contributed by atoms with Crippen LogP contribution in [0.4, 0.5) is 114 Å². The Kier molecular flexibility index (Phi) is 9.98. The predicted octanol–water partition coefficient (Wildman–Crippen LogP) is 7.92. The quantitative estimate of drug-likeness (QED) is 0.201. The summed E-state index contributed by atoms with van der Waals surface area (Å²) in [6.45, 7) is 2.32. The Hall–Kier alpha value is -3.96. The van der Waals surface area contributed by atoms with Crippen LogP contribution >= 0.6 is 0 Å². The Morgan fingerprint density at radius 3 is 0.821 bits per heavy atom. The van der Waals surface area contributed by atoms with E-state index in [1.807, 2.05) is 0 Å². The van der Waals surface area contributed by atoms with Gasteiger partial charge in [0.2, 0.25) is 0 Å². The maximum Gasteiger partial charge on any atom is 0.454 e. The highest BCUT2D eigenvalue weighted by atomic mass is 19.4. The minimum Gasteiger partial charge on any atom is -0.400 e. The van der Waals surface area contributed by atoms with Gasteiger partial charge in [-0.05, 0) is 6.58 Å². The van der Waals surface area contributed by atoms with Gasteiger partial charge in [0.15, 0.2) is 0 Å². The molecule has 0 amide bonds. The smallest absolute Gasteiger partial charge is 0.400 e. The van der Waals surface area contributed by atoms with Crippen LogP contribution in [0.3, 0.4) is 0 Å². The monoisotopic (exact) mass is 896 g/mol. The third kappa shape index (κ3) is 5.64. The van der Waals surface area contributed by atoms with Gasteiger partial charge in [-0.3, -0.25) is 28.5 Å². The molecule has 4 rings (SSSR count). The van der Waals surface area contributed by atoms with Crippen molar-refractivity contribution in [2.24, 2.45) is 10.8 Å². The molecule has 4 saturated heterocycles. The topological polar surface area (TPSA) is 108 Å². The van der Waals surface area contributed by atoms with Crippen LogP contribution < -0.4 is 0 Å². The van der Waals surface area contributed by atoms with Crippen molar-refractivity contribution in [2.45, 2.75) is 72.8 Å². The fourth-order valence-corrected chi connectivity index (χ4v) is 4.66. The molecule has 0 radical (unpaired) electrons. The van der Waals surface area contributed by atoms with E-state index in [2.05, 4.69) is 44.5 Å². The number of carbonyl (C=O) groups is 2. The summed E-state index contributed by atoms with van der Waals surface area (Å²) in [5.41, 5.74) is -13.9. The fourth-order valence-electron chi connectivity index (χ4n) is 4.66. The minimum absolute atomic E-state index is 1.98. The van der Waals surface area contributed by atoms with Crippen molar-refractivity contribution < 1.29 is 162 Å². The van der Waals surface area contributed by atoms with Crippen LogP contribution in [0.25, 0.3) is 0 Å². The molecule has 0 atom stereocenters. The normalized spacial score (nSPS) is 34.0. The first-order valence-electron chi connectivity index (χ1n) is 12.2. The summed E-state index contributed by atoms with van der Waals surface area (Å²) < 4.78 is 370. The average Bonchev–Trinajstić information content (AvgIpc) is 2.85. The number of ether oxygens (including phenoxy) is 8. The van der Waals surface area contributed by atoms with Gasteiger partial charge in [-0.1, -0.05) is 0 Å². The van der Waals surface area contributed by atoms with E-state index in [1.54, 1.807) is 0 Å². The van der Waals surface area contributed by atoms with Crippen molar-refractivity contribution in [1.82, 2.24) is 0 Å². The second-order valence-electron chi connectivity index (χ2n) is 10.1. The van der Waals surface area contributed by atoms with Crippen molar-refractivity contribution in [3.05, 3.63) is 24.6 Å². The Balaban J connectivity index is 0.000000320. The molecule has 4 fully saturated rings. The van der Waals surface area contributed by atoms with E-state index in [9.17, 15) is 124 Å². The van der Waals surface area contributed by atoms with Crippen LogP contribution in [0.5, 0.6) is 0 Å². The largest absolute Gasteiger partial charge is 0.454 e. The van der Waals surface area contributed by atoms with E-state index in [4.69, 9.17) is 0 Å². The van der Waals surface area contributed by atoms with E-state index in [-0.39, 0.29) is 0 Å². The molecule has 36 heteroatoms. The molecule has 2 spiro atoms. The number of halogens is 26. The standard InChI is InChI=1S/C11F16O6.C9H2F10O4/c12-1(28)3(6(14,15)16)30-8(20,21)5(9(22,23)31-3)10(24,25)32-4(2(13)29,7(17,18)19)33-11(5,26)27;1-2-20-6(12,13)5(7(14,15)21-2)8(16,17)22-4(3(10)11)23-9(5,18)19/h;1H2. The molecule has 0 aliphatic carbocycles. The number of carbonyl (C=O) groups excluding carboxylic acids is 2. The van der Waals surface area contributed by atoms with E-state index < -0.39 is 114 Å². The SMILES string of the molecule is C=C1OC(F)(F)C2(C(F)(F)O1)C(F)(F)OC(=C(F)F)OC2(F)F.O=C(F)C1(C(F)(F)F)OC(F)(F)C2(C(F)(F)O1)C(F)(F)OC(C(=O)F)(C(F)(F)F)OC2(F)F. The average molecular weight is 896 g/mol. The van der Waals surface area contributed by atoms with Gasteiger partial charge < -0.3 is 18.9 Å². The Morgan fingerprint density at radius 1 is 0.411 bits per heavy atom. The summed E-state index contributed by atoms with van der Waals surface area (Å²) in [4.78, 5) is 21.0. The number of hydrogen-bond donors (Lipinski definition) is 0. The van der Waals surface area contributed by atoms with Gasteiger partial charge in [-0.15, -0.1) is 0 Å². The maximum absolute atomic E-state index is 14.2. The first-order valence-corrected chi connectivity index (χ1v) is 12.2. The van der Waals surface area contributed by atoms with Crippen LogP contribution in [0, 0.1) is 10.8 Å². The zero-order valence-electron chi connectivity index (χ0n) is 24.1. The molecule has 0 unspecified atom stereocenters. The Bertz CT molecular complexity index is 1520. The van der Waals surface area contributed by atoms with Crippen LogP contribution in [-0.2, 0) is 47.5 Å². The second kappa shape index (κ2) is 12.0. The van der Waals surface area contributed by atoms with Crippen LogP contribution in [-0.4, -0.2) is 84.9 Å². The molecule has 4 heterocycles. The van der Waals surface area contributed by atoms with Crippen LogP contribution in [0.2, 0.25) is 0 Å². The third-order valence-electron chi connectivity index (χ3n) is 6.92. The van der Waals surface area contributed by atoms with Gasteiger partial charge in [0.25, 0.3) is 5.95 Å². The number of hydrogen-bond acceptors (Lipinski definition) is 10. The molecule has 56 heavy (non-hydrogen) atoms. The van der Waals surface area contributed by atoms with E-state index >= 15 is 0 Å². The van der Waals surface area contributed by atoms with Gasteiger partial charge in [-0.2, -0.15) is 114 Å². The van der Waals surface area contributed by atoms with Crippen molar-refractivity contribution in [3.8, 4) is 0 Å². The molecule has 0 N–H and O–H groups in total. The summed E-state index contributed by atoms with van der Waals surface area (Å²) in [6.07, 6.45) is -73.3. The molecule has 0 bridgehead atoms. The number of rotatable bonds is 2. The minimum atomic E-state index is -7.66. The summed E-state index contributed by atoms with van der Waals surface area (Å²) in [7, 11) is 0. The molecular weight excluding hydrogens is 894 g/mol. The second-order valence-corrected chi connectivity index (χ2v) is 10.1. The predicted molar refractivity (Wildman–Crippen MR) is 101 cm³/mol. The summed E-state index contributed by atoms with van der Waals surface area (Å²) in [6, 6.07) is -9.01. The molecule has 4 aliphatic heterocycles. The van der Waals surface area contributed by atoms with Crippen molar-refractivity contribution in [3.63, 3.8) is 0 Å². The fraction of sp³-hybridized carbons (Fsp3) is 0.700. The number of alkyl halides is 22. The van der Waals surface area contributed by atoms with Crippen LogP contribution in [0.1, 0.15) is 0 Å². The lowest BCUT2D eigenvalue weighted by molar-refractivity contribution is -0.676. The van der Waals surface area contributed by atoms with Crippen molar-refractivity contribution in [1.29, 1.82) is 0 Å². The lowest BCUT2D eigenvalue weighted by Crippen LogP contribution is -2.86. The van der Waals surface area contributed by atoms with Gasteiger partial charge in [-0.25, -0.2) is 0 Å². The van der Waals surface area contributed by atoms with Gasteiger partial charge in [0.1, 0.15) is 0 Å². The molecule has 0 aromatic heterocycles. The third-order valence-corrected chi connectivity index (χ3v) is 6.92. The zero-order valence-corrected chi connectivity index (χ0v) is 24.1. The van der Waals surface area contributed by atoms with E-state index in [0.29, 0.717) is 0 Å². The van der Waals surface area contributed by atoms with Crippen LogP contribution in [0.15, 0.2) is 24.6 Å². The molecule has 0 aromatic rings. The first-order chi connectivity index (χ1) is 24.3. The lowest BCUT2D eigenvalue weighted by Gasteiger charge is -2.58. The van der Waals surface area contributed by atoms with E-state index in [1.165, 1.54) is 0 Å². The zero-order chi connectivity index (χ0) is 44.5. The maximum atomic E-state index is 14.2.